The molecule has 1 aliphatic heterocycles. The minimum absolute atomic E-state index is 0.0163. The second kappa shape index (κ2) is 7.43. The molecule has 1 aliphatic rings. The zero-order valence-electron chi connectivity index (χ0n) is 15.8. The number of sulfonamides is 1. The van der Waals surface area contributed by atoms with Crippen molar-refractivity contribution in [2.45, 2.75) is 11.8 Å². The van der Waals surface area contributed by atoms with E-state index >= 15 is 0 Å². The van der Waals surface area contributed by atoms with Gasteiger partial charge in [-0.2, -0.15) is 9.57 Å². The Morgan fingerprint density at radius 3 is 2.55 bits per heavy atom. The van der Waals surface area contributed by atoms with Gasteiger partial charge in [-0.15, -0.1) is 0 Å². The topological polar surface area (TPSA) is 77.3 Å². The van der Waals surface area contributed by atoms with Gasteiger partial charge in [0, 0.05) is 37.8 Å². The lowest BCUT2D eigenvalue weighted by atomic mass is 10.1. The van der Waals surface area contributed by atoms with Gasteiger partial charge in [-0.1, -0.05) is 18.2 Å². The first-order chi connectivity index (χ1) is 13.9. The van der Waals surface area contributed by atoms with Crippen LogP contribution in [-0.2, 0) is 10.0 Å². The summed E-state index contributed by atoms with van der Waals surface area (Å²) in [7, 11) is -3.73. The van der Waals surface area contributed by atoms with E-state index in [0.29, 0.717) is 24.3 Å². The lowest BCUT2D eigenvalue weighted by molar-refractivity contribution is 0.385. The van der Waals surface area contributed by atoms with E-state index in [1.807, 2.05) is 30.0 Å². The van der Waals surface area contributed by atoms with Crippen LogP contribution in [0.15, 0.2) is 53.6 Å². The number of fused-ring (bicyclic) bond motifs is 1. The molecule has 1 saturated heterocycles. The lowest BCUT2D eigenvalue weighted by Gasteiger charge is -2.35. The molecule has 8 heteroatoms. The first kappa shape index (κ1) is 19.3. The van der Waals surface area contributed by atoms with E-state index in [-0.39, 0.29) is 23.5 Å². The molecular weight excluding hydrogens is 391 g/mol. The second-order valence-electron chi connectivity index (χ2n) is 6.98. The van der Waals surface area contributed by atoms with E-state index in [2.05, 4.69) is 4.98 Å². The summed E-state index contributed by atoms with van der Waals surface area (Å²) in [4.78, 5) is 6.38. The maximum Gasteiger partial charge on any atom is 0.245 e. The Balaban J connectivity index is 1.61. The van der Waals surface area contributed by atoms with Crippen molar-refractivity contribution in [2.24, 2.45) is 0 Å². The van der Waals surface area contributed by atoms with E-state index in [1.165, 1.54) is 10.4 Å². The predicted molar refractivity (Wildman–Crippen MR) is 109 cm³/mol. The van der Waals surface area contributed by atoms with Gasteiger partial charge in [-0.3, -0.25) is 4.98 Å². The summed E-state index contributed by atoms with van der Waals surface area (Å²) in [6.07, 6.45) is 1.66. The fourth-order valence-corrected chi connectivity index (χ4v) is 5.23. The highest BCUT2D eigenvalue weighted by Gasteiger charge is 2.31. The molecular formula is C21H19FN4O2S. The van der Waals surface area contributed by atoms with Crippen LogP contribution in [-0.4, -0.2) is 43.9 Å². The predicted octanol–water partition coefficient (Wildman–Crippen LogP) is 3.06. The number of piperazine rings is 1. The van der Waals surface area contributed by atoms with Crippen LogP contribution in [0.1, 0.15) is 11.1 Å². The van der Waals surface area contributed by atoms with Crippen molar-refractivity contribution in [3.63, 3.8) is 0 Å². The summed E-state index contributed by atoms with van der Waals surface area (Å²) in [6, 6.07) is 13.4. The highest BCUT2D eigenvalue weighted by atomic mass is 32.2. The first-order valence-corrected chi connectivity index (χ1v) is 10.6. The zero-order chi connectivity index (χ0) is 20.6. The molecule has 148 valence electrons. The molecule has 6 nitrogen and oxygen atoms in total. The standard InChI is InChI=1S/C21H19FN4O2S/c1-15-12-16-4-2-7-20(21(16)24-14-15)29(27,28)26-10-8-25(9-11-26)19-6-3-5-18(22)17(19)13-23/h2-7,12,14H,8-11H2,1H3. The number of aromatic nitrogens is 1. The molecule has 2 heterocycles. The average Bonchev–Trinajstić information content (AvgIpc) is 2.73. The van der Waals surface area contributed by atoms with Gasteiger partial charge in [-0.05, 0) is 36.8 Å². The van der Waals surface area contributed by atoms with Gasteiger partial charge < -0.3 is 4.90 Å². The van der Waals surface area contributed by atoms with Crippen molar-refractivity contribution >= 4 is 26.6 Å². The highest BCUT2D eigenvalue weighted by molar-refractivity contribution is 7.89. The van der Waals surface area contributed by atoms with E-state index in [4.69, 9.17) is 0 Å². The van der Waals surface area contributed by atoms with Crippen molar-refractivity contribution in [3.05, 3.63) is 65.6 Å². The van der Waals surface area contributed by atoms with Crippen molar-refractivity contribution in [1.29, 1.82) is 5.26 Å². The average molecular weight is 410 g/mol. The first-order valence-electron chi connectivity index (χ1n) is 9.21. The van der Waals surface area contributed by atoms with Gasteiger partial charge in [0.25, 0.3) is 0 Å². The van der Waals surface area contributed by atoms with Crippen LogP contribution in [0, 0.1) is 24.1 Å². The monoisotopic (exact) mass is 410 g/mol. The molecule has 3 aromatic rings. The molecule has 0 atom stereocenters. The minimum atomic E-state index is -3.73. The Bertz CT molecular complexity index is 1230. The maximum atomic E-state index is 13.9. The van der Waals surface area contributed by atoms with E-state index in [0.717, 1.165) is 10.9 Å². The quantitative estimate of drug-likeness (QED) is 0.663. The van der Waals surface area contributed by atoms with Crippen LogP contribution < -0.4 is 4.90 Å². The fraction of sp³-hybridized carbons (Fsp3) is 0.238. The number of nitriles is 1. The largest absolute Gasteiger partial charge is 0.368 e. The number of hydrogen-bond acceptors (Lipinski definition) is 5. The van der Waals surface area contributed by atoms with Gasteiger partial charge in [0.1, 0.15) is 22.3 Å². The summed E-state index contributed by atoms with van der Waals surface area (Å²) >= 11 is 0. The number of nitrogens with zero attached hydrogens (tertiary/aromatic N) is 4. The summed E-state index contributed by atoms with van der Waals surface area (Å²) in [5.41, 5.74) is 1.89. The third-order valence-electron chi connectivity index (χ3n) is 5.11. The minimum Gasteiger partial charge on any atom is -0.368 e. The third kappa shape index (κ3) is 3.43. The van der Waals surface area contributed by atoms with Crippen LogP contribution in [0.4, 0.5) is 10.1 Å². The molecule has 1 fully saturated rings. The number of anilines is 1. The molecule has 0 spiro atoms. The Kier molecular flexibility index (Phi) is 4.94. The molecule has 2 aromatic carbocycles. The van der Waals surface area contributed by atoms with Gasteiger partial charge in [0.2, 0.25) is 10.0 Å². The maximum absolute atomic E-state index is 13.9. The third-order valence-corrected chi connectivity index (χ3v) is 7.04. The van der Waals surface area contributed by atoms with Crippen LogP contribution in [0.3, 0.4) is 0 Å². The molecule has 0 saturated carbocycles. The number of aryl methyl sites for hydroxylation is 1. The van der Waals surface area contributed by atoms with Gasteiger partial charge in [-0.25, -0.2) is 12.8 Å². The number of benzene rings is 2. The Hall–Kier alpha value is -3.02. The normalized spacial score (nSPS) is 15.4. The smallest absolute Gasteiger partial charge is 0.245 e. The Labute approximate surface area is 168 Å². The summed E-state index contributed by atoms with van der Waals surface area (Å²) in [5.74, 6) is -0.572. The zero-order valence-corrected chi connectivity index (χ0v) is 16.7. The number of halogens is 1. The van der Waals surface area contributed by atoms with Crippen molar-refractivity contribution < 1.29 is 12.8 Å². The molecule has 0 bridgehead atoms. The van der Waals surface area contributed by atoms with Crippen LogP contribution >= 0.6 is 0 Å². The fourth-order valence-electron chi connectivity index (χ4n) is 3.65. The molecule has 0 aliphatic carbocycles. The number of rotatable bonds is 3. The van der Waals surface area contributed by atoms with Crippen molar-refractivity contribution in [3.8, 4) is 6.07 Å². The van der Waals surface area contributed by atoms with Crippen LogP contribution in [0.5, 0.6) is 0 Å². The molecule has 1 aromatic heterocycles. The number of pyridine rings is 1. The number of para-hydroxylation sites is 1. The van der Waals surface area contributed by atoms with Crippen LogP contribution in [0.25, 0.3) is 10.9 Å². The van der Waals surface area contributed by atoms with Crippen molar-refractivity contribution in [2.75, 3.05) is 31.1 Å². The van der Waals surface area contributed by atoms with E-state index in [1.54, 1.807) is 30.5 Å². The summed E-state index contributed by atoms with van der Waals surface area (Å²) in [6.45, 7) is 3.13. The molecule has 0 amide bonds. The van der Waals surface area contributed by atoms with Gasteiger partial charge in [0.05, 0.1) is 11.2 Å². The summed E-state index contributed by atoms with van der Waals surface area (Å²) in [5, 5.41) is 10.0. The SMILES string of the molecule is Cc1cnc2c(S(=O)(=O)N3CCN(c4cccc(F)c4C#N)CC3)cccc2c1. The Morgan fingerprint density at radius 1 is 1.10 bits per heavy atom. The second-order valence-corrected chi connectivity index (χ2v) is 8.88. The molecule has 0 radical (unpaired) electrons. The molecule has 0 unspecified atom stereocenters. The van der Waals surface area contributed by atoms with Gasteiger partial charge >= 0.3 is 0 Å². The number of hydrogen-bond donors (Lipinski definition) is 0. The Morgan fingerprint density at radius 2 is 1.83 bits per heavy atom. The van der Waals surface area contributed by atoms with E-state index < -0.39 is 15.8 Å². The van der Waals surface area contributed by atoms with Crippen molar-refractivity contribution in [1.82, 2.24) is 9.29 Å². The molecule has 29 heavy (non-hydrogen) atoms. The summed E-state index contributed by atoms with van der Waals surface area (Å²) < 4.78 is 41.9. The highest BCUT2D eigenvalue weighted by Crippen LogP contribution is 2.28. The molecule has 4 rings (SSSR count). The van der Waals surface area contributed by atoms with Gasteiger partial charge in [0.15, 0.2) is 0 Å². The molecule has 0 N–H and O–H groups in total. The van der Waals surface area contributed by atoms with E-state index in [9.17, 15) is 18.1 Å². The van der Waals surface area contributed by atoms with Crippen LogP contribution in [0.2, 0.25) is 0 Å². The lowest BCUT2D eigenvalue weighted by Crippen LogP contribution is -2.49.